The number of halogens is 1. The fraction of sp³-hybridized carbons (Fsp3) is 0.619. The normalized spacial score (nSPS) is 23.5. The van der Waals surface area contributed by atoms with Crippen molar-refractivity contribution in [3.63, 3.8) is 0 Å². The van der Waals surface area contributed by atoms with E-state index < -0.39 is 0 Å². The summed E-state index contributed by atoms with van der Waals surface area (Å²) in [7, 11) is 1.41. The number of ether oxygens (including phenoxy) is 1. The highest BCUT2D eigenvalue weighted by atomic mass is 19.1. The van der Waals surface area contributed by atoms with Crippen LogP contribution in [0.3, 0.4) is 0 Å². The molecule has 148 valence electrons. The summed E-state index contributed by atoms with van der Waals surface area (Å²) >= 11 is 0. The summed E-state index contributed by atoms with van der Waals surface area (Å²) in [5.74, 6) is -0.487. The molecule has 0 bridgehead atoms. The predicted molar refractivity (Wildman–Crippen MR) is 101 cm³/mol. The smallest absolute Gasteiger partial charge is 0.320 e. The van der Waals surface area contributed by atoms with E-state index in [9.17, 15) is 14.0 Å². The molecule has 27 heavy (non-hydrogen) atoms. The molecule has 2 aliphatic heterocycles. The first-order chi connectivity index (χ1) is 13.0. The first-order valence-corrected chi connectivity index (χ1v) is 9.89. The predicted octanol–water partition coefficient (Wildman–Crippen LogP) is 3.62. The van der Waals surface area contributed by atoms with Crippen LogP contribution in [0, 0.1) is 11.7 Å². The van der Waals surface area contributed by atoms with Crippen LogP contribution in [-0.4, -0.2) is 54.1 Å². The second kappa shape index (κ2) is 8.72. The maximum atomic E-state index is 13.1. The fourth-order valence-corrected chi connectivity index (χ4v) is 4.32. The monoisotopic (exact) mass is 376 g/mol. The highest BCUT2D eigenvalue weighted by Gasteiger charge is 2.38. The van der Waals surface area contributed by atoms with E-state index in [-0.39, 0.29) is 35.8 Å². The van der Waals surface area contributed by atoms with Crippen molar-refractivity contribution < 1.29 is 18.7 Å². The van der Waals surface area contributed by atoms with Crippen molar-refractivity contribution in [1.82, 2.24) is 9.80 Å². The highest BCUT2D eigenvalue weighted by Crippen LogP contribution is 2.30. The van der Waals surface area contributed by atoms with Gasteiger partial charge < -0.3 is 14.5 Å². The van der Waals surface area contributed by atoms with Crippen LogP contribution < -0.4 is 0 Å². The van der Waals surface area contributed by atoms with Gasteiger partial charge in [-0.15, -0.1) is 0 Å². The third-order valence-corrected chi connectivity index (χ3v) is 5.99. The number of esters is 1. The highest BCUT2D eigenvalue weighted by molar-refractivity contribution is 5.77. The SMILES string of the molecule is COC(=O)C1CCN(C(=O)N2[C@@H](CCc3ccc(F)cc3)CC[C@H]2C)CC1. The van der Waals surface area contributed by atoms with Gasteiger partial charge in [0, 0.05) is 25.2 Å². The van der Waals surface area contributed by atoms with Crippen molar-refractivity contribution in [2.24, 2.45) is 5.92 Å². The van der Waals surface area contributed by atoms with E-state index in [0.29, 0.717) is 25.9 Å². The number of nitrogens with zero attached hydrogens (tertiary/aromatic N) is 2. The van der Waals surface area contributed by atoms with E-state index >= 15 is 0 Å². The number of urea groups is 1. The largest absolute Gasteiger partial charge is 0.469 e. The van der Waals surface area contributed by atoms with E-state index in [1.807, 2.05) is 21.9 Å². The number of methoxy groups -OCH3 is 1. The van der Waals surface area contributed by atoms with Crippen molar-refractivity contribution in [2.45, 2.75) is 57.5 Å². The maximum absolute atomic E-state index is 13.1. The van der Waals surface area contributed by atoms with E-state index in [4.69, 9.17) is 4.74 Å². The Morgan fingerprint density at radius 2 is 1.78 bits per heavy atom. The second-order valence-corrected chi connectivity index (χ2v) is 7.72. The quantitative estimate of drug-likeness (QED) is 0.754. The van der Waals surface area contributed by atoms with Crippen LogP contribution >= 0.6 is 0 Å². The molecule has 0 N–H and O–H groups in total. The molecule has 0 aliphatic carbocycles. The second-order valence-electron chi connectivity index (χ2n) is 7.72. The van der Waals surface area contributed by atoms with Gasteiger partial charge in [0.2, 0.25) is 0 Å². The molecule has 0 radical (unpaired) electrons. The zero-order valence-electron chi connectivity index (χ0n) is 16.2. The number of amides is 2. The number of piperidine rings is 1. The van der Waals surface area contributed by atoms with Crippen LogP contribution in [-0.2, 0) is 16.0 Å². The molecule has 0 spiro atoms. The lowest BCUT2D eigenvalue weighted by Gasteiger charge is -2.37. The Morgan fingerprint density at radius 3 is 2.41 bits per heavy atom. The molecule has 2 heterocycles. The molecule has 0 saturated carbocycles. The number of benzene rings is 1. The number of rotatable bonds is 4. The molecule has 1 aromatic rings. The molecule has 0 aromatic heterocycles. The molecular formula is C21H29FN2O3. The van der Waals surface area contributed by atoms with Gasteiger partial charge in [0.15, 0.2) is 0 Å². The number of hydrogen-bond donors (Lipinski definition) is 0. The van der Waals surface area contributed by atoms with Gasteiger partial charge in [-0.1, -0.05) is 12.1 Å². The molecule has 0 unspecified atom stereocenters. The molecular weight excluding hydrogens is 347 g/mol. The van der Waals surface area contributed by atoms with Gasteiger partial charge >= 0.3 is 12.0 Å². The van der Waals surface area contributed by atoms with Crippen molar-refractivity contribution >= 4 is 12.0 Å². The number of likely N-dealkylation sites (tertiary alicyclic amines) is 2. The third-order valence-electron chi connectivity index (χ3n) is 5.99. The van der Waals surface area contributed by atoms with Gasteiger partial charge in [-0.05, 0) is 63.1 Å². The van der Waals surface area contributed by atoms with Gasteiger partial charge in [-0.2, -0.15) is 0 Å². The van der Waals surface area contributed by atoms with E-state index in [1.165, 1.54) is 19.2 Å². The first-order valence-electron chi connectivity index (χ1n) is 9.89. The lowest BCUT2D eigenvalue weighted by atomic mass is 9.97. The lowest BCUT2D eigenvalue weighted by Crippen LogP contribution is -2.51. The molecule has 1 aromatic carbocycles. The molecule has 2 aliphatic rings. The van der Waals surface area contributed by atoms with Crippen molar-refractivity contribution in [1.29, 1.82) is 0 Å². The Balaban J connectivity index is 1.57. The molecule has 2 fully saturated rings. The summed E-state index contributed by atoms with van der Waals surface area (Å²) in [4.78, 5) is 28.7. The molecule has 2 saturated heterocycles. The molecule has 6 heteroatoms. The van der Waals surface area contributed by atoms with Crippen LogP contribution in [0.2, 0.25) is 0 Å². The molecule has 3 rings (SSSR count). The minimum atomic E-state index is -0.222. The number of carbonyl (C=O) groups is 2. The van der Waals surface area contributed by atoms with E-state index in [0.717, 1.165) is 31.2 Å². The average Bonchev–Trinajstić information content (AvgIpc) is 3.07. The Morgan fingerprint density at radius 1 is 1.11 bits per heavy atom. The summed E-state index contributed by atoms with van der Waals surface area (Å²) in [6.45, 7) is 3.32. The van der Waals surface area contributed by atoms with E-state index in [1.54, 1.807) is 0 Å². The van der Waals surface area contributed by atoms with Gasteiger partial charge in [-0.3, -0.25) is 4.79 Å². The summed E-state index contributed by atoms with van der Waals surface area (Å²) < 4.78 is 17.9. The number of carbonyl (C=O) groups excluding carboxylic acids is 2. The van der Waals surface area contributed by atoms with Crippen molar-refractivity contribution in [3.05, 3.63) is 35.6 Å². The number of aryl methyl sites for hydroxylation is 1. The first kappa shape index (κ1) is 19.6. The Kier molecular flexibility index (Phi) is 6.34. The summed E-state index contributed by atoms with van der Waals surface area (Å²) in [5.41, 5.74) is 1.10. The van der Waals surface area contributed by atoms with Crippen LogP contribution in [0.4, 0.5) is 9.18 Å². The standard InChI is InChI=1S/C21H29FN2O3/c1-15-3-9-19(10-6-16-4-7-18(22)8-5-16)24(15)21(26)23-13-11-17(12-14-23)20(25)27-2/h4-5,7-8,15,17,19H,3,6,9-14H2,1-2H3/t15-,19-/m1/s1. The molecule has 5 nitrogen and oxygen atoms in total. The third kappa shape index (κ3) is 4.60. The average molecular weight is 376 g/mol. The van der Waals surface area contributed by atoms with Gasteiger partial charge in [0.05, 0.1) is 13.0 Å². The topological polar surface area (TPSA) is 49.9 Å². The van der Waals surface area contributed by atoms with Crippen LogP contribution in [0.25, 0.3) is 0 Å². The van der Waals surface area contributed by atoms with E-state index in [2.05, 4.69) is 6.92 Å². The lowest BCUT2D eigenvalue weighted by molar-refractivity contribution is -0.146. The summed E-state index contributed by atoms with van der Waals surface area (Å²) in [6, 6.07) is 7.15. The zero-order valence-corrected chi connectivity index (χ0v) is 16.2. The van der Waals surface area contributed by atoms with Crippen LogP contribution in [0.1, 0.15) is 44.6 Å². The van der Waals surface area contributed by atoms with Gasteiger partial charge in [0.1, 0.15) is 5.82 Å². The molecule has 2 amide bonds. The summed E-state index contributed by atoms with van der Waals surface area (Å²) in [5, 5.41) is 0. The van der Waals surface area contributed by atoms with Crippen molar-refractivity contribution in [2.75, 3.05) is 20.2 Å². The zero-order chi connectivity index (χ0) is 19.4. The van der Waals surface area contributed by atoms with Crippen LogP contribution in [0.5, 0.6) is 0 Å². The minimum absolute atomic E-state index is 0.0902. The Bertz CT molecular complexity index is 656. The summed E-state index contributed by atoms with van der Waals surface area (Å²) in [6.07, 6.45) is 5.08. The Hall–Kier alpha value is -2.11. The minimum Gasteiger partial charge on any atom is -0.469 e. The molecule has 2 atom stereocenters. The number of hydrogen-bond acceptors (Lipinski definition) is 3. The van der Waals surface area contributed by atoms with Crippen molar-refractivity contribution in [3.8, 4) is 0 Å². The van der Waals surface area contributed by atoms with Crippen LogP contribution in [0.15, 0.2) is 24.3 Å². The van der Waals surface area contributed by atoms with Gasteiger partial charge in [-0.25, -0.2) is 9.18 Å². The van der Waals surface area contributed by atoms with Gasteiger partial charge in [0.25, 0.3) is 0 Å². The fourth-order valence-electron chi connectivity index (χ4n) is 4.32. The maximum Gasteiger partial charge on any atom is 0.320 e. The Labute approximate surface area is 160 Å².